The van der Waals surface area contributed by atoms with Crippen molar-refractivity contribution in [3.05, 3.63) is 35.4 Å². The molecule has 0 aliphatic carbocycles. The van der Waals surface area contributed by atoms with E-state index in [4.69, 9.17) is 15.7 Å². The minimum atomic E-state index is -5.38. The number of rotatable bonds is 8. The Morgan fingerprint density at radius 2 is 1.53 bits per heavy atom. The molecular weight excluding hydrogens is 511 g/mol. The summed E-state index contributed by atoms with van der Waals surface area (Å²) in [6, 6.07) is 1.16. The third-order valence-corrected chi connectivity index (χ3v) is 6.54. The summed E-state index contributed by atoms with van der Waals surface area (Å²) < 4.78 is 41.2. The van der Waals surface area contributed by atoms with Crippen molar-refractivity contribution in [1.29, 1.82) is 0 Å². The van der Waals surface area contributed by atoms with Crippen molar-refractivity contribution in [3.8, 4) is 11.5 Å². The Hall–Kier alpha value is -2.74. The molecule has 0 spiro atoms. The van der Waals surface area contributed by atoms with E-state index in [1.807, 2.05) is 5.32 Å². The molecule has 0 aliphatic rings. The average molecular weight is 531 g/mol. The second kappa shape index (κ2) is 8.98. The largest absolute Gasteiger partial charge is 0.506 e. The van der Waals surface area contributed by atoms with Crippen LogP contribution < -0.4 is 10.0 Å². The number of aromatic hydroxyl groups is 2. The zero-order chi connectivity index (χ0) is 28.2. The second-order valence-corrected chi connectivity index (χ2v) is 9.49. The van der Waals surface area contributed by atoms with Gasteiger partial charge in [-0.2, -0.15) is 4.72 Å². The summed E-state index contributed by atoms with van der Waals surface area (Å²) in [6.07, 6.45) is 0.672. The van der Waals surface area contributed by atoms with Gasteiger partial charge in [-0.25, -0.2) is 12.8 Å². The Bertz CT molecular complexity index is 1260. The summed E-state index contributed by atoms with van der Waals surface area (Å²) in [5, 5.41) is 85.1. The highest BCUT2D eigenvalue weighted by Crippen LogP contribution is 2.38. The molecular formula is C17H20B2FN3O12S. The highest BCUT2D eigenvalue weighted by atomic mass is 32.2. The Labute approximate surface area is 204 Å². The van der Waals surface area contributed by atoms with Gasteiger partial charge in [-0.15, -0.1) is 0 Å². The first kappa shape index (κ1) is 29.5. The number of benzene rings is 1. The molecule has 0 saturated carbocycles. The highest BCUT2D eigenvalue weighted by molar-refractivity contribution is 7.89. The summed E-state index contributed by atoms with van der Waals surface area (Å²) in [4.78, 5) is 11.7. The molecule has 2 aromatic rings. The first-order valence-electron chi connectivity index (χ1n) is 9.35. The Balaban J connectivity index is 2.56. The van der Waals surface area contributed by atoms with Crippen LogP contribution in [0.4, 0.5) is 10.1 Å². The Kier molecular flexibility index (Phi) is 7.35. The zero-order valence-corrected chi connectivity index (χ0v) is 19.2. The van der Waals surface area contributed by atoms with Crippen molar-refractivity contribution in [3.63, 3.8) is 0 Å². The van der Waals surface area contributed by atoms with Gasteiger partial charge in [0.05, 0.1) is 0 Å². The monoisotopic (exact) mass is 531 g/mol. The van der Waals surface area contributed by atoms with E-state index in [0.29, 0.717) is 18.3 Å². The standard InChI is InChI=1S/C17H20B2FN3O12S/c1-6-8(20)4-10(24)11(12(6)25)21-13(26)9-3-7(5-23(9)2)36(34,35)22-14(15(18,19)27,16(28,29)30)17(31,32)33/h3-5,22,24-25,27-33H,1-2H3,(H,21,26). The van der Waals surface area contributed by atoms with Crippen LogP contribution in [0.25, 0.3) is 0 Å². The predicted molar refractivity (Wildman–Crippen MR) is 116 cm³/mol. The fourth-order valence-corrected chi connectivity index (χ4v) is 4.69. The summed E-state index contributed by atoms with van der Waals surface area (Å²) in [5.74, 6) is -13.4. The number of hydrogen-bond donors (Lipinski definition) is 11. The summed E-state index contributed by atoms with van der Waals surface area (Å²) in [6.45, 7) is 1.13. The minimum Gasteiger partial charge on any atom is -0.506 e. The summed E-state index contributed by atoms with van der Waals surface area (Å²) in [7, 11) is 5.72. The van der Waals surface area contributed by atoms with Gasteiger partial charge in [0.2, 0.25) is 15.6 Å². The highest BCUT2D eigenvalue weighted by Gasteiger charge is 2.71. The van der Waals surface area contributed by atoms with Crippen LogP contribution in [0, 0.1) is 12.7 Å². The Morgan fingerprint density at radius 3 is 1.97 bits per heavy atom. The van der Waals surface area contributed by atoms with Crippen LogP contribution in [-0.2, 0) is 17.1 Å². The quantitative estimate of drug-likeness (QED) is 0.0874. The van der Waals surface area contributed by atoms with Crippen molar-refractivity contribution in [1.82, 2.24) is 9.29 Å². The zero-order valence-electron chi connectivity index (χ0n) is 18.4. The van der Waals surface area contributed by atoms with Gasteiger partial charge >= 0.3 is 11.9 Å². The van der Waals surface area contributed by atoms with E-state index in [-0.39, 0.29) is 5.56 Å². The van der Waals surface area contributed by atoms with Gasteiger partial charge in [0.25, 0.3) is 5.91 Å². The number of aromatic nitrogens is 1. The lowest BCUT2D eigenvalue weighted by Gasteiger charge is -2.51. The number of carbonyl (C=O) groups excluding carboxylic acids is 1. The van der Waals surface area contributed by atoms with E-state index >= 15 is 0 Å². The topological polar surface area (TPSA) is 262 Å². The number of sulfonamides is 1. The van der Waals surface area contributed by atoms with Gasteiger partial charge in [-0.05, 0) is 13.0 Å². The van der Waals surface area contributed by atoms with E-state index < -0.39 is 72.4 Å². The normalized spacial score (nSPS) is 13.6. The first-order chi connectivity index (χ1) is 16.0. The molecule has 4 radical (unpaired) electrons. The number of aliphatic hydroxyl groups is 7. The molecule has 36 heavy (non-hydrogen) atoms. The van der Waals surface area contributed by atoms with E-state index in [1.165, 1.54) is 0 Å². The molecule has 1 heterocycles. The number of hydrogen-bond acceptors (Lipinski definition) is 12. The van der Waals surface area contributed by atoms with E-state index in [2.05, 4.69) is 0 Å². The molecule has 19 heteroatoms. The van der Waals surface area contributed by atoms with Crippen molar-refractivity contribution >= 4 is 37.3 Å². The molecule has 0 aliphatic heterocycles. The van der Waals surface area contributed by atoms with Crippen molar-refractivity contribution in [2.75, 3.05) is 5.32 Å². The van der Waals surface area contributed by atoms with Gasteiger partial charge in [-0.1, -0.05) is 0 Å². The van der Waals surface area contributed by atoms with Gasteiger partial charge in [0.1, 0.15) is 49.3 Å². The lowest BCUT2D eigenvalue weighted by atomic mass is 9.52. The average Bonchev–Trinajstić information content (AvgIpc) is 3.07. The van der Waals surface area contributed by atoms with Gasteiger partial charge in [0, 0.05) is 30.3 Å². The molecule has 0 fully saturated rings. The molecule has 1 aromatic heterocycles. The SMILES string of the molecule is [B]C([B])(O)C(NS(=O)(=O)c1cc(C(=O)Nc2c(O)cc(F)c(C)c2O)n(C)c1)(C(O)(O)O)C(O)(O)O. The maximum atomic E-state index is 13.6. The van der Waals surface area contributed by atoms with E-state index in [1.54, 1.807) is 0 Å². The predicted octanol–water partition coefficient (Wildman–Crippen LogP) is -4.60. The number of nitrogens with one attached hydrogen (secondary N) is 2. The minimum absolute atomic E-state index is 0.337. The summed E-state index contributed by atoms with van der Waals surface area (Å²) in [5.41, 5.74) is -5.96. The number of halogens is 1. The van der Waals surface area contributed by atoms with Gasteiger partial charge in [-0.3, -0.25) is 4.79 Å². The number of carbonyl (C=O) groups is 1. The number of phenols is 2. The Morgan fingerprint density at radius 1 is 1.03 bits per heavy atom. The fraction of sp³-hybridized carbons (Fsp3) is 0.353. The molecule has 0 atom stereocenters. The van der Waals surface area contributed by atoms with Crippen LogP contribution in [0.2, 0.25) is 0 Å². The van der Waals surface area contributed by atoms with Crippen molar-refractivity contribution < 1.29 is 63.6 Å². The maximum Gasteiger partial charge on any atom is 0.305 e. The second-order valence-electron chi connectivity index (χ2n) is 7.80. The van der Waals surface area contributed by atoms with Crippen LogP contribution in [-0.4, -0.2) is 103 Å². The van der Waals surface area contributed by atoms with Gasteiger partial charge in [0.15, 0.2) is 0 Å². The summed E-state index contributed by atoms with van der Waals surface area (Å²) >= 11 is 0. The van der Waals surface area contributed by atoms with Crippen LogP contribution >= 0.6 is 0 Å². The number of anilines is 1. The molecule has 194 valence electrons. The van der Waals surface area contributed by atoms with Crippen LogP contribution in [0.1, 0.15) is 16.1 Å². The number of nitrogens with zero attached hydrogens (tertiary/aromatic N) is 1. The third kappa shape index (κ3) is 4.92. The fourth-order valence-electron chi connectivity index (χ4n) is 3.17. The van der Waals surface area contributed by atoms with Crippen LogP contribution in [0.5, 0.6) is 11.5 Å². The van der Waals surface area contributed by atoms with E-state index in [9.17, 15) is 63.6 Å². The van der Waals surface area contributed by atoms with E-state index in [0.717, 1.165) is 23.3 Å². The molecule has 1 amide bonds. The molecule has 0 unspecified atom stereocenters. The smallest absolute Gasteiger partial charge is 0.305 e. The molecule has 0 saturated heterocycles. The molecule has 2 rings (SSSR count). The van der Waals surface area contributed by atoms with Crippen molar-refractivity contribution in [2.24, 2.45) is 7.05 Å². The van der Waals surface area contributed by atoms with Crippen LogP contribution in [0.15, 0.2) is 23.2 Å². The van der Waals surface area contributed by atoms with Crippen molar-refractivity contribution in [2.45, 2.75) is 34.7 Å². The maximum absolute atomic E-state index is 13.6. The molecule has 15 nitrogen and oxygen atoms in total. The van der Waals surface area contributed by atoms with Gasteiger partial charge < -0.3 is 55.8 Å². The first-order valence-corrected chi connectivity index (χ1v) is 10.8. The lowest BCUT2D eigenvalue weighted by Crippen LogP contribution is -2.85. The molecule has 1 aromatic carbocycles. The number of amides is 1. The van der Waals surface area contributed by atoms with Crippen LogP contribution in [0.3, 0.4) is 0 Å². The number of phenolic OH excluding ortho intramolecular Hbond substituents is 2. The third-order valence-electron chi connectivity index (χ3n) is 5.13. The lowest BCUT2D eigenvalue weighted by molar-refractivity contribution is -0.461. The number of aryl methyl sites for hydroxylation is 1. The molecule has 11 N–H and O–H groups in total. The molecule has 0 bridgehead atoms.